The van der Waals surface area contributed by atoms with Crippen molar-refractivity contribution in [1.82, 2.24) is 10.3 Å². The molecule has 0 fully saturated rings. The number of hydrogen-bond acceptors (Lipinski definition) is 2. The Labute approximate surface area is 94.6 Å². The Balaban J connectivity index is 2.64. The van der Waals surface area contributed by atoms with Crippen LogP contribution in [-0.4, -0.2) is 22.8 Å². The molecule has 1 aromatic rings. The van der Waals surface area contributed by atoms with E-state index in [1.54, 1.807) is 19.2 Å². The fourth-order valence-corrected chi connectivity index (χ4v) is 1.19. The summed E-state index contributed by atoms with van der Waals surface area (Å²) in [5.41, 5.74) is 1.06. The molecule has 2 amide bonds. The molecule has 0 aromatic carbocycles. The number of H-pyrrole nitrogens is 1. The van der Waals surface area contributed by atoms with Crippen LogP contribution in [0, 0.1) is 0 Å². The summed E-state index contributed by atoms with van der Waals surface area (Å²) >= 11 is 0. The van der Waals surface area contributed by atoms with Gasteiger partial charge in [0.2, 0.25) is 5.91 Å². The van der Waals surface area contributed by atoms with Crippen LogP contribution in [-0.2, 0) is 4.79 Å². The van der Waals surface area contributed by atoms with Crippen LogP contribution in [0.15, 0.2) is 12.3 Å². The van der Waals surface area contributed by atoms with Crippen LogP contribution in [0.25, 0.3) is 0 Å². The molecule has 0 bridgehead atoms. The molecule has 88 valence electrons. The van der Waals surface area contributed by atoms with E-state index in [1.165, 1.54) is 0 Å². The van der Waals surface area contributed by atoms with Crippen molar-refractivity contribution >= 4 is 17.5 Å². The summed E-state index contributed by atoms with van der Waals surface area (Å²) in [5, 5.41) is 5.43. The van der Waals surface area contributed by atoms with Gasteiger partial charge in [0, 0.05) is 18.7 Å². The summed E-state index contributed by atoms with van der Waals surface area (Å²) in [4.78, 5) is 25.5. The maximum absolute atomic E-state index is 11.6. The van der Waals surface area contributed by atoms with E-state index in [1.807, 2.05) is 13.8 Å². The molecule has 5 nitrogen and oxygen atoms in total. The predicted octanol–water partition coefficient (Wildman–Crippen LogP) is 1.50. The fourth-order valence-electron chi connectivity index (χ4n) is 1.19. The van der Waals surface area contributed by atoms with Crippen LogP contribution in [0.2, 0.25) is 0 Å². The average Bonchev–Trinajstić information content (AvgIpc) is 2.65. The Morgan fingerprint density at radius 3 is 2.69 bits per heavy atom. The molecular weight excluding hydrogens is 206 g/mol. The van der Waals surface area contributed by atoms with Crippen molar-refractivity contribution in [2.75, 3.05) is 5.32 Å². The van der Waals surface area contributed by atoms with Crippen LogP contribution in [0.4, 0.5) is 5.69 Å². The van der Waals surface area contributed by atoms with Gasteiger partial charge in [-0.3, -0.25) is 9.59 Å². The lowest BCUT2D eigenvalue weighted by Gasteiger charge is -2.05. The highest BCUT2D eigenvalue weighted by Gasteiger charge is 2.10. The van der Waals surface area contributed by atoms with E-state index >= 15 is 0 Å². The summed E-state index contributed by atoms with van der Waals surface area (Å²) in [7, 11) is 0. The summed E-state index contributed by atoms with van der Waals surface area (Å²) in [6.45, 7) is 5.55. The molecular formula is C11H17N3O2. The van der Waals surface area contributed by atoms with Crippen molar-refractivity contribution < 1.29 is 9.59 Å². The molecule has 1 rings (SSSR count). The van der Waals surface area contributed by atoms with E-state index in [-0.39, 0.29) is 17.9 Å². The van der Waals surface area contributed by atoms with Crippen molar-refractivity contribution in [3.8, 4) is 0 Å². The Morgan fingerprint density at radius 1 is 1.44 bits per heavy atom. The Bertz CT molecular complexity index is 382. The molecule has 16 heavy (non-hydrogen) atoms. The fraction of sp³-hybridized carbons (Fsp3) is 0.455. The van der Waals surface area contributed by atoms with Crippen molar-refractivity contribution in [3.05, 3.63) is 18.0 Å². The van der Waals surface area contributed by atoms with Gasteiger partial charge in [0.1, 0.15) is 5.69 Å². The normalized spacial score (nSPS) is 10.2. The molecule has 5 heteroatoms. The minimum Gasteiger partial charge on any atom is -0.355 e. The van der Waals surface area contributed by atoms with Gasteiger partial charge in [0.15, 0.2) is 0 Å². The number of hydrogen-bond donors (Lipinski definition) is 3. The van der Waals surface area contributed by atoms with Crippen molar-refractivity contribution in [2.45, 2.75) is 33.2 Å². The Morgan fingerprint density at radius 2 is 2.12 bits per heavy atom. The second-order valence-electron chi connectivity index (χ2n) is 3.83. The van der Waals surface area contributed by atoms with Gasteiger partial charge < -0.3 is 15.6 Å². The quantitative estimate of drug-likeness (QED) is 0.723. The van der Waals surface area contributed by atoms with Gasteiger partial charge in [-0.05, 0) is 19.9 Å². The molecule has 0 saturated heterocycles. The van der Waals surface area contributed by atoms with Gasteiger partial charge in [-0.15, -0.1) is 0 Å². The van der Waals surface area contributed by atoms with Gasteiger partial charge in [-0.1, -0.05) is 6.92 Å². The minimum atomic E-state index is -0.174. The molecule has 0 radical (unpaired) electrons. The summed E-state index contributed by atoms with van der Waals surface area (Å²) < 4.78 is 0. The predicted molar refractivity (Wildman–Crippen MR) is 62.3 cm³/mol. The number of aromatic amines is 1. The number of amides is 2. The lowest BCUT2D eigenvalue weighted by atomic mass is 10.3. The number of aromatic nitrogens is 1. The average molecular weight is 223 g/mol. The van der Waals surface area contributed by atoms with Crippen molar-refractivity contribution in [3.63, 3.8) is 0 Å². The molecule has 1 heterocycles. The Kier molecular flexibility index (Phi) is 4.10. The molecule has 0 unspecified atom stereocenters. The summed E-state index contributed by atoms with van der Waals surface area (Å²) in [6, 6.07) is 1.70. The lowest BCUT2D eigenvalue weighted by Crippen LogP contribution is -2.30. The lowest BCUT2D eigenvalue weighted by molar-refractivity contribution is -0.115. The number of nitrogens with one attached hydrogen (secondary N) is 3. The zero-order chi connectivity index (χ0) is 12.1. The molecule has 0 aliphatic carbocycles. The summed E-state index contributed by atoms with van der Waals surface area (Å²) in [6.07, 6.45) is 2.02. The van der Waals surface area contributed by atoms with Gasteiger partial charge >= 0.3 is 0 Å². The molecule has 0 aliphatic rings. The van der Waals surface area contributed by atoms with Crippen LogP contribution in [0.3, 0.4) is 0 Å². The molecule has 0 aliphatic heterocycles. The standard InChI is InChI=1S/C11H17N3O2/c1-4-10(15)14-8-5-9(12-6-8)11(16)13-7(2)3/h5-7,12H,4H2,1-3H3,(H,13,16)(H,14,15). The highest BCUT2D eigenvalue weighted by molar-refractivity contribution is 5.96. The van der Waals surface area contributed by atoms with Crippen molar-refractivity contribution in [1.29, 1.82) is 0 Å². The van der Waals surface area contributed by atoms with Gasteiger partial charge in [-0.2, -0.15) is 0 Å². The van der Waals surface area contributed by atoms with Crippen LogP contribution in [0.1, 0.15) is 37.7 Å². The SMILES string of the molecule is CCC(=O)Nc1c[nH]c(C(=O)NC(C)C)c1. The third-order valence-electron chi connectivity index (χ3n) is 1.95. The number of carbonyl (C=O) groups excluding carboxylic acids is 2. The first-order valence-corrected chi connectivity index (χ1v) is 5.32. The maximum atomic E-state index is 11.6. The van der Waals surface area contributed by atoms with E-state index in [0.717, 1.165) is 0 Å². The third kappa shape index (κ3) is 3.42. The number of rotatable bonds is 4. The van der Waals surface area contributed by atoms with E-state index in [9.17, 15) is 9.59 Å². The van der Waals surface area contributed by atoms with E-state index in [2.05, 4.69) is 15.6 Å². The first kappa shape index (κ1) is 12.3. The van der Waals surface area contributed by atoms with Crippen molar-refractivity contribution in [2.24, 2.45) is 0 Å². The van der Waals surface area contributed by atoms with E-state index in [0.29, 0.717) is 17.8 Å². The van der Waals surface area contributed by atoms with Crippen LogP contribution >= 0.6 is 0 Å². The third-order valence-corrected chi connectivity index (χ3v) is 1.95. The van der Waals surface area contributed by atoms with Crippen LogP contribution in [0.5, 0.6) is 0 Å². The smallest absolute Gasteiger partial charge is 0.267 e. The first-order valence-electron chi connectivity index (χ1n) is 5.32. The summed E-state index contributed by atoms with van der Waals surface area (Å²) in [5.74, 6) is -0.248. The minimum absolute atomic E-state index is 0.0742. The zero-order valence-electron chi connectivity index (χ0n) is 9.76. The molecule has 0 saturated carbocycles. The molecule has 3 N–H and O–H groups in total. The van der Waals surface area contributed by atoms with Crippen LogP contribution < -0.4 is 10.6 Å². The second-order valence-corrected chi connectivity index (χ2v) is 3.83. The molecule has 0 atom stereocenters. The molecule has 0 spiro atoms. The molecule has 1 aromatic heterocycles. The highest BCUT2D eigenvalue weighted by atomic mass is 16.2. The number of anilines is 1. The topological polar surface area (TPSA) is 74.0 Å². The second kappa shape index (κ2) is 5.34. The van der Waals surface area contributed by atoms with Gasteiger partial charge in [-0.25, -0.2) is 0 Å². The van der Waals surface area contributed by atoms with Gasteiger partial charge in [0.25, 0.3) is 5.91 Å². The van der Waals surface area contributed by atoms with E-state index in [4.69, 9.17) is 0 Å². The Hall–Kier alpha value is -1.78. The first-order chi connectivity index (χ1) is 7.52. The zero-order valence-corrected chi connectivity index (χ0v) is 9.76. The highest BCUT2D eigenvalue weighted by Crippen LogP contribution is 2.09. The number of carbonyl (C=O) groups is 2. The van der Waals surface area contributed by atoms with Gasteiger partial charge in [0.05, 0.1) is 5.69 Å². The largest absolute Gasteiger partial charge is 0.355 e. The monoisotopic (exact) mass is 223 g/mol. The maximum Gasteiger partial charge on any atom is 0.267 e. The van der Waals surface area contributed by atoms with E-state index < -0.39 is 0 Å².